The lowest BCUT2D eigenvalue weighted by Crippen LogP contribution is -2.35. The van der Waals surface area contributed by atoms with Crippen LogP contribution in [-0.2, 0) is 5.41 Å². The van der Waals surface area contributed by atoms with Gasteiger partial charge in [0.2, 0.25) is 0 Å². The van der Waals surface area contributed by atoms with Gasteiger partial charge in [0.05, 0.1) is 5.48 Å². The van der Waals surface area contributed by atoms with Gasteiger partial charge in [0, 0.05) is 48.0 Å². The van der Waals surface area contributed by atoms with E-state index in [1.54, 1.807) is 0 Å². The topological polar surface area (TPSA) is 0 Å². The van der Waals surface area contributed by atoms with E-state index in [1.807, 2.05) is 112 Å². The molecule has 0 unspecified atom stereocenters. The van der Waals surface area contributed by atoms with Crippen LogP contribution < -0.4 is 4.48 Å². The lowest BCUT2D eigenvalue weighted by atomic mass is 9.84. The molecule has 0 N–H and O–H groups in total. The molecular weight excluding hydrogens is 350 g/mol. The van der Waals surface area contributed by atoms with Crippen LogP contribution in [0.1, 0.15) is 31.8 Å². The number of para-hydroxylation sites is 4. The third-order valence-corrected chi connectivity index (χ3v) is 5.18. The predicted octanol–water partition coefficient (Wildman–Crippen LogP) is 8.29. The smallest absolute Gasteiger partial charge is 0.151 e. The number of quaternary nitrogens is 1. The van der Waals surface area contributed by atoms with Crippen molar-refractivity contribution in [3.05, 3.63) is 121 Å². The highest BCUT2D eigenvalue weighted by Crippen LogP contribution is 2.53. The number of nitrogens with zero attached hydrogens (tertiary/aromatic N) is 1. The van der Waals surface area contributed by atoms with Gasteiger partial charge < -0.3 is 0 Å². The molecule has 4 aromatic carbocycles. The minimum absolute atomic E-state index is 0.00351. The molecule has 0 saturated carbocycles. The fraction of sp³-hybridized carbons (Fsp3) is 0.143. The van der Waals surface area contributed by atoms with E-state index in [4.69, 9.17) is 5.48 Å². The Kier molecular flexibility index (Phi) is 3.92. The van der Waals surface area contributed by atoms with Crippen LogP contribution in [0.3, 0.4) is 0 Å². The van der Waals surface area contributed by atoms with E-state index < -0.39 is 5.41 Å². The van der Waals surface area contributed by atoms with Gasteiger partial charge in [0.25, 0.3) is 0 Å². The monoisotopic (exact) mass is 382 g/mol. The van der Waals surface area contributed by atoms with Crippen molar-refractivity contribution in [2.75, 3.05) is 0 Å². The minimum atomic E-state index is -0.534. The molecule has 4 rings (SSSR count). The zero-order valence-electron chi connectivity index (χ0n) is 21.1. The average Bonchev–Trinajstić information content (AvgIpc) is 2.82. The molecule has 0 fully saturated rings. The Bertz CT molecular complexity index is 1170. The normalized spacial score (nSPS) is 13.9. The lowest BCUT2D eigenvalue weighted by molar-refractivity contribution is 0.571. The largest absolute Gasteiger partial charge is 0.194 e. The standard InChI is InChI=1S/C28H28N/c1-28(2,3)26-21-13-14-22-27(26)29(23-15-7-4-8-16-23,24-17-9-5-10-18-24)25-19-11-6-12-20-25/h4-22H,1-3H3/q+1/i13D,14D,21D,22D. The van der Waals surface area contributed by atoms with Crippen molar-refractivity contribution in [1.29, 1.82) is 0 Å². The third-order valence-electron chi connectivity index (χ3n) is 5.18. The van der Waals surface area contributed by atoms with Gasteiger partial charge >= 0.3 is 0 Å². The Labute approximate surface area is 180 Å². The van der Waals surface area contributed by atoms with E-state index in [-0.39, 0.29) is 28.7 Å². The van der Waals surface area contributed by atoms with Gasteiger partial charge in [0.1, 0.15) is 17.1 Å². The summed E-state index contributed by atoms with van der Waals surface area (Å²) >= 11 is 0. The molecule has 0 aliphatic heterocycles. The van der Waals surface area contributed by atoms with Crippen molar-refractivity contribution in [3.63, 3.8) is 0 Å². The first-order valence-corrected chi connectivity index (χ1v) is 9.88. The number of hydrogen-bond donors (Lipinski definition) is 0. The Hall–Kier alpha value is -3.16. The Balaban J connectivity index is 2.34. The summed E-state index contributed by atoms with van der Waals surface area (Å²) in [6.07, 6.45) is 0. The Morgan fingerprint density at radius 2 is 0.966 bits per heavy atom. The number of benzene rings is 4. The SMILES string of the molecule is [2H]c1c([2H])c([2H])c([N+](c2ccccc2)(c2ccccc2)c2ccccc2)c(C(C)(C)C)c1[2H]. The summed E-state index contributed by atoms with van der Waals surface area (Å²) in [6.45, 7) is 6.01. The molecular formula is C28H28N+. The third kappa shape index (κ3) is 3.39. The van der Waals surface area contributed by atoms with Crippen molar-refractivity contribution in [1.82, 2.24) is 4.48 Å². The summed E-state index contributed by atoms with van der Waals surface area (Å²) in [5.41, 5.74) is 3.29. The van der Waals surface area contributed by atoms with Crippen LogP contribution in [0.4, 0.5) is 22.7 Å². The molecule has 0 aromatic heterocycles. The maximum absolute atomic E-state index is 9.15. The van der Waals surface area contributed by atoms with Crippen molar-refractivity contribution >= 4 is 22.7 Å². The van der Waals surface area contributed by atoms with Gasteiger partial charge in [-0.15, -0.1) is 0 Å². The molecule has 0 atom stereocenters. The van der Waals surface area contributed by atoms with Crippen molar-refractivity contribution in [3.8, 4) is 0 Å². The first kappa shape index (κ1) is 14.8. The molecule has 1 heteroatoms. The van der Waals surface area contributed by atoms with Crippen LogP contribution in [0.15, 0.2) is 115 Å². The van der Waals surface area contributed by atoms with Crippen LogP contribution in [0.25, 0.3) is 0 Å². The molecule has 144 valence electrons. The molecule has 0 radical (unpaired) electrons. The summed E-state index contributed by atoms with van der Waals surface area (Å²) in [5.74, 6) is 0. The second-order valence-corrected chi connectivity index (χ2v) is 8.15. The van der Waals surface area contributed by atoms with Crippen molar-refractivity contribution in [2.45, 2.75) is 26.2 Å². The first-order valence-electron chi connectivity index (χ1n) is 11.9. The zero-order chi connectivity index (χ0) is 23.8. The molecule has 0 spiro atoms. The van der Waals surface area contributed by atoms with Crippen LogP contribution in [0.2, 0.25) is 0 Å². The fourth-order valence-corrected chi connectivity index (χ4v) is 3.89. The quantitative estimate of drug-likeness (QED) is 0.311. The second kappa shape index (κ2) is 7.69. The molecule has 1 nitrogen and oxygen atoms in total. The fourth-order valence-electron chi connectivity index (χ4n) is 3.89. The second-order valence-electron chi connectivity index (χ2n) is 8.15. The molecule has 0 aliphatic rings. The molecule has 4 aromatic rings. The van der Waals surface area contributed by atoms with Crippen LogP contribution in [0.5, 0.6) is 0 Å². The maximum Gasteiger partial charge on any atom is 0.151 e. The van der Waals surface area contributed by atoms with Gasteiger partial charge in [0.15, 0.2) is 5.69 Å². The Morgan fingerprint density at radius 3 is 1.34 bits per heavy atom. The summed E-state index contributed by atoms with van der Waals surface area (Å²) in [4.78, 5) is 0. The number of hydrogen-bond acceptors (Lipinski definition) is 0. The number of rotatable bonds is 4. The first-order chi connectivity index (χ1) is 15.7. The van der Waals surface area contributed by atoms with Crippen LogP contribution >= 0.6 is 0 Å². The van der Waals surface area contributed by atoms with E-state index in [1.165, 1.54) is 0 Å². The van der Waals surface area contributed by atoms with E-state index >= 15 is 0 Å². The maximum atomic E-state index is 9.15. The van der Waals surface area contributed by atoms with E-state index in [0.717, 1.165) is 17.1 Å². The average molecular weight is 383 g/mol. The Morgan fingerprint density at radius 1 is 0.586 bits per heavy atom. The summed E-state index contributed by atoms with van der Waals surface area (Å²) in [7, 11) is 0. The molecule has 29 heavy (non-hydrogen) atoms. The van der Waals surface area contributed by atoms with Gasteiger partial charge in [-0.1, -0.05) is 93.5 Å². The van der Waals surface area contributed by atoms with Gasteiger partial charge in [-0.25, -0.2) is 0 Å². The minimum Gasteiger partial charge on any atom is -0.194 e. The highest BCUT2D eigenvalue weighted by molar-refractivity contribution is 5.83. The van der Waals surface area contributed by atoms with E-state index in [9.17, 15) is 0 Å². The van der Waals surface area contributed by atoms with E-state index in [2.05, 4.69) is 0 Å². The summed E-state index contributed by atoms with van der Waals surface area (Å²) in [6, 6.07) is 29.4. The highest BCUT2D eigenvalue weighted by Gasteiger charge is 2.42. The van der Waals surface area contributed by atoms with E-state index in [0.29, 0.717) is 11.3 Å². The van der Waals surface area contributed by atoms with Crippen molar-refractivity contribution in [2.24, 2.45) is 0 Å². The molecule has 0 heterocycles. The zero-order valence-corrected chi connectivity index (χ0v) is 17.1. The summed E-state index contributed by atoms with van der Waals surface area (Å²) in [5, 5.41) is 0. The van der Waals surface area contributed by atoms with Crippen molar-refractivity contribution < 1.29 is 5.48 Å². The molecule has 0 aliphatic carbocycles. The molecule has 0 bridgehead atoms. The molecule has 0 saturated heterocycles. The van der Waals surface area contributed by atoms with Gasteiger partial charge in [-0.3, -0.25) is 0 Å². The highest BCUT2D eigenvalue weighted by atomic mass is 15.4. The van der Waals surface area contributed by atoms with Crippen LogP contribution in [0, 0.1) is 0 Å². The summed E-state index contributed by atoms with van der Waals surface area (Å²) < 4.78 is 35.1. The molecule has 0 amide bonds. The van der Waals surface area contributed by atoms with Gasteiger partial charge in [-0.2, -0.15) is 4.48 Å². The van der Waals surface area contributed by atoms with Crippen LogP contribution in [-0.4, -0.2) is 0 Å². The lowest BCUT2D eigenvalue weighted by Gasteiger charge is -2.40. The predicted molar refractivity (Wildman–Crippen MR) is 125 cm³/mol. The van der Waals surface area contributed by atoms with Gasteiger partial charge in [-0.05, 0) is 5.41 Å².